The van der Waals surface area contributed by atoms with Gasteiger partial charge in [-0.1, -0.05) is 11.6 Å². The van der Waals surface area contributed by atoms with E-state index in [0.717, 1.165) is 40.0 Å². The Bertz CT molecular complexity index is 567. The van der Waals surface area contributed by atoms with Gasteiger partial charge in [0.25, 0.3) is 0 Å². The lowest BCUT2D eigenvalue weighted by Crippen LogP contribution is -2.03. The maximum Gasteiger partial charge on any atom is 0.162 e. The molecular formula is C14H16ClN3. The van der Waals surface area contributed by atoms with Gasteiger partial charge in [-0.05, 0) is 44.5 Å². The third-order valence-corrected chi connectivity index (χ3v) is 2.88. The molecule has 0 spiro atoms. The Kier molecular flexibility index (Phi) is 3.82. The van der Waals surface area contributed by atoms with Crippen molar-refractivity contribution in [2.24, 2.45) is 0 Å². The second kappa shape index (κ2) is 5.36. The van der Waals surface area contributed by atoms with Gasteiger partial charge in [-0.2, -0.15) is 0 Å². The summed E-state index contributed by atoms with van der Waals surface area (Å²) in [4.78, 5) is 9.00. The highest BCUT2D eigenvalue weighted by Crippen LogP contribution is 2.24. The third kappa shape index (κ3) is 2.79. The van der Waals surface area contributed by atoms with Gasteiger partial charge in [-0.15, -0.1) is 0 Å². The van der Waals surface area contributed by atoms with E-state index in [1.807, 2.05) is 45.0 Å². The van der Waals surface area contributed by atoms with Crippen LogP contribution in [0.3, 0.4) is 0 Å². The summed E-state index contributed by atoms with van der Waals surface area (Å²) in [6.45, 7) is 6.87. The molecule has 2 aromatic rings. The molecule has 0 amide bonds. The van der Waals surface area contributed by atoms with E-state index in [-0.39, 0.29) is 0 Å². The molecule has 0 unspecified atom stereocenters. The largest absolute Gasteiger partial charge is 0.370 e. The molecule has 1 heterocycles. The summed E-state index contributed by atoms with van der Waals surface area (Å²) in [5.41, 5.74) is 3.04. The first-order valence-corrected chi connectivity index (χ1v) is 6.34. The third-order valence-electron chi connectivity index (χ3n) is 2.64. The SMILES string of the molecule is CCNc1cc(C)nc(-c2ccc(Cl)cc2C)n1. The fourth-order valence-electron chi connectivity index (χ4n) is 1.84. The fraction of sp³-hybridized carbons (Fsp3) is 0.286. The van der Waals surface area contributed by atoms with Gasteiger partial charge in [0.05, 0.1) is 0 Å². The first-order valence-electron chi connectivity index (χ1n) is 5.96. The molecule has 3 nitrogen and oxygen atoms in total. The molecule has 0 bridgehead atoms. The average molecular weight is 262 g/mol. The van der Waals surface area contributed by atoms with Crippen molar-refractivity contribution in [1.29, 1.82) is 0 Å². The van der Waals surface area contributed by atoms with E-state index < -0.39 is 0 Å². The van der Waals surface area contributed by atoms with Crippen LogP contribution in [0.4, 0.5) is 5.82 Å². The molecular weight excluding hydrogens is 246 g/mol. The Morgan fingerprint density at radius 1 is 1.17 bits per heavy atom. The molecule has 0 fully saturated rings. The van der Waals surface area contributed by atoms with Crippen molar-refractivity contribution in [1.82, 2.24) is 9.97 Å². The number of aryl methyl sites for hydroxylation is 2. The Morgan fingerprint density at radius 3 is 2.61 bits per heavy atom. The first-order chi connectivity index (χ1) is 8.60. The Balaban J connectivity index is 2.49. The first kappa shape index (κ1) is 12.8. The maximum absolute atomic E-state index is 5.96. The van der Waals surface area contributed by atoms with E-state index >= 15 is 0 Å². The summed E-state index contributed by atoms with van der Waals surface area (Å²) >= 11 is 5.96. The lowest BCUT2D eigenvalue weighted by molar-refractivity contribution is 1.08. The summed E-state index contributed by atoms with van der Waals surface area (Å²) in [5, 5.41) is 3.94. The summed E-state index contributed by atoms with van der Waals surface area (Å²) in [5.74, 6) is 1.59. The molecule has 1 aromatic heterocycles. The van der Waals surface area contributed by atoms with Crippen molar-refractivity contribution in [3.63, 3.8) is 0 Å². The normalized spacial score (nSPS) is 10.4. The van der Waals surface area contributed by atoms with Gasteiger partial charge in [0, 0.05) is 28.9 Å². The van der Waals surface area contributed by atoms with Crippen LogP contribution in [-0.4, -0.2) is 16.5 Å². The highest BCUT2D eigenvalue weighted by molar-refractivity contribution is 6.30. The van der Waals surface area contributed by atoms with Crippen molar-refractivity contribution >= 4 is 17.4 Å². The van der Waals surface area contributed by atoms with Gasteiger partial charge in [-0.25, -0.2) is 9.97 Å². The number of nitrogens with zero attached hydrogens (tertiary/aromatic N) is 2. The number of anilines is 1. The van der Waals surface area contributed by atoms with Gasteiger partial charge < -0.3 is 5.32 Å². The molecule has 0 saturated carbocycles. The van der Waals surface area contributed by atoms with E-state index in [4.69, 9.17) is 11.6 Å². The summed E-state index contributed by atoms with van der Waals surface area (Å²) in [7, 11) is 0. The lowest BCUT2D eigenvalue weighted by atomic mass is 10.1. The predicted molar refractivity (Wildman–Crippen MR) is 76.1 cm³/mol. The van der Waals surface area contributed by atoms with Crippen LogP contribution in [-0.2, 0) is 0 Å². The van der Waals surface area contributed by atoms with Crippen molar-refractivity contribution in [2.75, 3.05) is 11.9 Å². The number of aromatic nitrogens is 2. The predicted octanol–water partition coefficient (Wildman–Crippen LogP) is 3.85. The minimum absolute atomic E-state index is 0.732. The van der Waals surface area contributed by atoms with Crippen molar-refractivity contribution < 1.29 is 0 Å². The highest BCUT2D eigenvalue weighted by Gasteiger charge is 2.07. The summed E-state index contributed by atoms with van der Waals surface area (Å²) < 4.78 is 0. The van der Waals surface area contributed by atoms with Crippen molar-refractivity contribution in [2.45, 2.75) is 20.8 Å². The van der Waals surface area contributed by atoms with Gasteiger partial charge in [0.2, 0.25) is 0 Å². The van der Waals surface area contributed by atoms with Crippen molar-refractivity contribution in [3.05, 3.63) is 40.5 Å². The highest BCUT2D eigenvalue weighted by atomic mass is 35.5. The van der Waals surface area contributed by atoms with E-state index in [0.29, 0.717) is 0 Å². The van der Waals surface area contributed by atoms with Crippen LogP contribution in [0.5, 0.6) is 0 Å². The van der Waals surface area contributed by atoms with Crippen molar-refractivity contribution in [3.8, 4) is 11.4 Å². The standard InChI is InChI=1S/C14H16ClN3/c1-4-16-13-8-10(3)17-14(18-13)12-6-5-11(15)7-9(12)2/h5-8H,4H2,1-3H3,(H,16,17,18). The van der Waals surface area contributed by atoms with Crippen LogP contribution < -0.4 is 5.32 Å². The minimum Gasteiger partial charge on any atom is -0.370 e. The molecule has 0 saturated heterocycles. The molecule has 4 heteroatoms. The Labute approximate surface area is 112 Å². The zero-order valence-corrected chi connectivity index (χ0v) is 11.5. The maximum atomic E-state index is 5.96. The summed E-state index contributed by atoms with van der Waals surface area (Å²) in [6, 6.07) is 7.69. The topological polar surface area (TPSA) is 37.8 Å². The molecule has 0 radical (unpaired) electrons. The smallest absolute Gasteiger partial charge is 0.162 e. The number of rotatable bonds is 3. The Morgan fingerprint density at radius 2 is 1.94 bits per heavy atom. The zero-order chi connectivity index (χ0) is 13.1. The van der Waals surface area contributed by atoms with Gasteiger partial charge >= 0.3 is 0 Å². The van der Waals surface area contributed by atoms with E-state index in [1.165, 1.54) is 0 Å². The number of hydrogen-bond acceptors (Lipinski definition) is 3. The lowest BCUT2D eigenvalue weighted by Gasteiger charge is -2.09. The molecule has 1 aromatic carbocycles. The van der Waals surface area contributed by atoms with Gasteiger partial charge in [0.15, 0.2) is 5.82 Å². The zero-order valence-electron chi connectivity index (χ0n) is 10.8. The van der Waals surface area contributed by atoms with Crippen LogP contribution in [0.25, 0.3) is 11.4 Å². The number of halogens is 1. The number of hydrogen-bond donors (Lipinski definition) is 1. The molecule has 0 atom stereocenters. The van der Waals surface area contributed by atoms with E-state index in [1.54, 1.807) is 0 Å². The van der Waals surface area contributed by atoms with Crippen LogP contribution >= 0.6 is 11.6 Å². The van der Waals surface area contributed by atoms with Crippen LogP contribution in [0.2, 0.25) is 5.02 Å². The van der Waals surface area contributed by atoms with Crippen LogP contribution in [0, 0.1) is 13.8 Å². The number of nitrogens with one attached hydrogen (secondary N) is 1. The van der Waals surface area contributed by atoms with Crippen LogP contribution in [0.1, 0.15) is 18.2 Å². The van der Waals surface area contributed by atoms with Gasteiger partial charge in [0.1, 0.15) is 5.82 Å². The quantitative estimate of drug-likeness (QED) is 0.912. The fourth-order valence-corrected chi connectivity index (χ4v) is 2.07. The molecule has 0 aliphatic carbocycles. The summed E-state index contributed by atoms with van der Waals surface area (Å²) in [6.07, 6.45) is 0. The Hall–Kier alpha value is -1.61. The second-order valence-corrected chi connectivity index (χ2v) is 4.64. The molecule has 0 aliphatic rings. The minimum atomic E-state index is 0.732. The molecule has 0 aliphatic heterocycles. The van der Waals surface area contributed by atoms with Gasteiger partial charge in [-0.3, -0.25) is 0 Å². The average Bonchev–Trinajstić information content (AvgIpc) is 2.28. The van der Waals surface area contributed by atoms with Crippen LogP contribution in [0.15, 0.2) is 24.3 Å². The number of benzene rings is 1. The molecule has 2 rings (SSSR count). The monoisotopic (exact) mass is 261 g/mol. The van der Waals surface area contributed by atoms with E-state index in [9.17, 15) is 0 Å². The van der Waals surface area contributed by atoms with E-state index in [2.05, 4.69) is 15.3 Å². The molecule has 94 valence electrons. The second-order valence-electron chi connectivity index (χ2n) is 4.21. The molecule has 18 heavy (non-hydrogen) atoms. The molecule has 1 N–H and O–H groups in total.